The van der Waals surface area contributed by atoms with Gasteiger partial charge >= 0.3 is 0 Å². The van der Waals surface area contributed by atoms with Crippen LogP contribution in [0.15, 0.2) is 18.2 Å². The lowest BCUT2D eigenvalue weighted by Crippen LogP contribution is -2.32. The second-order valence-electron chi connectivity index (χ2n) is 4.68. The summed E-state index contributed by atoms with van der Waals surface area (Å²) in [5.74, 6) is 0.669. The van der Waals surface area contributed by atoms with E-state index in [0.717, 1.165) is 25.1 Å². The van der Waals surface area contributed by atoms with Gasteiger partial charge < -0.3 is 20.9 Å². The summed E-state index contributed by atoms with van der Waals surface area (Å²) in [5, 5.41) is 12.9. The van der Waals surface area contributed by atoms with E-state index < -0.39 is 0 Å². The molecule has 18 heavy (non-hydrogen) atoms. The molecule has 0 aliphatic heterocycles. The Balaban J connectivity index is 2.73. The van der Waals surface area contributed by atoms with Crippen LogP contribution in [-0.4, -0.2) is 25.4 Å². The van der Waals surface area contributed by atoms with Crippen LogP contribution in [0.5, 0.6) is 5.75 Å². The van der Waals surface area contributed by atoms with Gasteiger partial charge in [-0.05, 0) is 25.0 Å². The Hall–Kier alpha value is -1.42. The number of nitrogens with two attached hydrogens (primary N) is 1. The van der Waals surface area contributed by atoms with Crippen LogP contribution in [0.3, 0.4) is 0 Å². The summed E-state index contributed by atoms with van der Waals surface area (Å²) in [5.41, 5.74) is 7.29. The molecule has 0 heterocycles. The van der Waals surface area contributed by atoms with Crippen molar-refractivity contribution in [2.75, 3.05) is 31.3 Å². The Morgan fingerprint density at radius 3 is 2.50 bits per heavy atom. The molecule has 0 bridgehead atoms. The third-order valence-corrected chi connectivity index (χ3v) is 3.74. The SMILES string of the molecule is CCC(CC)(CO)CNc1ccc(N)c(OC)c1. The van der Waals surface area contributed by atoms with E-state index in [1.165, 1.54) is 0 Å². The Morgan fingerprint density at radius 1 is 1.33 bits per heavy atom. The van der Waals surface area contributed by atoms with E-state index in [9.17, 15) is 5.11 Å². The number of nitrogen functional groups attached to an aromatic ring is 1. The highest BCUT2D eigenvalue weighted by Crippen LogP contribution is 2.28. The summed E-state index contributed by atoms with van der Waals surface area (Å²) in [4.78, 5) is 0. The molecule has 4 N–H and O–H groups in total. The molecular weight excluding hydrogens is 228 g/mol. The Morgan fingerprint density at radius 2 is 2.00 bits per heavy atom. The third-order valence-electron chi connectivity index (χ3n) is 3.74. The van der Waals surface area contributed by atoms with Gasteiger partial charge in [0.15, 0.2) is 0 Å². The summed E-state index contributed by atoms with van der Waals surface area (Å²) in [6, 6.07) is 5.62. The van der Waals surface area contributed by atoms with E-state index in [-0.39, 0.29) is 12.0 Å². The second kappa shape index (κ2) is 6.50. The van der Waals surface area contributed by atoms with Crippen LogP contribution >= 0.6 is 0 Å². The quantitative estimate of drug-likeness (QED) is 0.652. The molecule has 0 aromatic heterocycles. The van der Waals surface area contributed by atoms with Crippen molar-refractivity contribution < 1.29 is 9.84 Å². The molecule has 4 nitrogen and oxygen atoms in total. The van der Waals surface area contributed by atoms with Crippen LogP contribution in [0.4, 0.5) is 11.4 Å². The minimum absolute atomic E-state index is 0.0609. The number of aliphatic hydroxyl groups excluding tert-OH is 1. The summed E-state index contributed by atoms with van der Waals surface area (Å²) in [6.45, 7) is 5.14. The minimum Gasteiger partial charge on any atom is -0.495 e. The van der Waals surface area contributed by atoms with Crippen LogP contribution in [0, 0.1) is 5.41 Å². The maximum absolute atomic E-state index is 9.51. The highest BCUT2D eigenvalue weighted by Gasteiger charge is 2.24. The fourth-order valence-corrected chi connectivity index (χ4v) is 1.89. The highest BCUT2D eigenvalue weighted by atomic mass is 16.5. The smallest absolute Gasteiger partial charge is 0.143 e. The van der Waals surface area contributed by atoms with E-state index in [1.54, 1.807) is 7.11 Å². The molecule has 0 amide bonds. The number of nitrogens with one attached hydrogen (secondary N) is 1. The highest BCUT2D eigenvalue weighted by molar-refractivity contribution is 5.61. The number of benzene rings is 1. The van der Waals surface area contributed by atoms with Crippen LogP contribution in [0.2, 0.25) is 0 Å². The summed E-state index contributed by atoms with van der Waals surface area (Å²) in [7, 11) is 1.60. The number of rotatable bonds is 7. The summed E-state index contributed by atoms with van der Waals surface area (Å²) in [6.07, 6.45) is 1.89. The molecular formula is C14H24N2O2. The summed E-state index contributed by atoms with van der Waals surface area (Å²) < 4.78 is 5.18. The first kappa shape index (κ1) is 14.6. The van der Waals surface area contributed by atoms with Crippen molar-refractivity contribution in [2.45, 2.75) is 26.7 Å². The fourth-order valence-electron chi connectivity index (χ4n) is 1.89. The van der Waals surface area contributed by atoms with E-state index in [0.29, 0.717) is 11.4 Å². The van der Waals surface area contributed by atoms with Gasteiger partial charge in [-0.25, -0.2) is 0 Å². The van der Waals surface area contributed by atoms with Crippen molar-refractivity contribution >= 4 is 11.4 Å². The second-order valence-corrected chi connectivity index (χ2v) is 4.68. The van der Waals surface area contributed by atoms with E-state index >= 15 is 0 Å². The fraction of sp³-hybridized carbons (Fsp3) is 0.571. The van der Waals surface area contributed by atoms with Gasteiger partial charge in [-0.2, -0.15) is 0 Å². The molecule has 102 valence electrons. The molecule has 0 spiro atoms. The van der Waals surface area contributed by atoms with E-state index in [2.05, 4.69) is 19.2 Å². The van der Waals surface area contributed by atoms with Gasteiger partial charge in [-0.3, -0.25) is 0 Å². The maximum Gasteiger partial charge on any atom is 0.143 e. The molecule has 0 atom stereocenters. The van der Waals surface area contributed by atoms with Crippen molar-refractivity contribution in [1.82, 2.24) is 0 Å². The largest absolute Gasteiger partial charge is 0.495 e. The predicted octanol–water partition coefficient (Wildman–Crippen LogP) is 2.49. The van der Waals surface area contributed by atoms with Crippen molar-refractivity contribution in [3.8, 4) is 5.75 Å². The van der Waals surface area contributed by atoms with Crippen molar-refractivity contribution in [1.29, 1.82) is 0 Å². The van der Waals surface area contributed by atoms with Crippen LogP contribution < -0.4 is 15.8 Å². The molecule has 0 fully saturated rings. The summed E-state index contributed by atoms with van der Waals surface area (Å²) >= 11 is 0. The average Bonchev–Trinajstić information content (AvgIpc) is 2.42. The monoisotopic (exact) mass is 252 g/mol. The molecule has 0 saturated carbocycles. The zero-order valence-electron chi connectivity index (χ0n) is 11.5. The van der Waals surface area contributed by atoms with Crippen LogP contribution in [-0.2, 0) is 0 Å². The lowest BCUT2D eigenvalue weighted by atomic mass is 9.83. The number of anilines is 2. The number of hydrogen-bond acceptors (Lipinski definition) is 4. The van der Waals surface area contributed by atoms with Crippen molar-refractivity contribution in [2.24, 2.45) is 5.41 Å². The van der Waals surface area contributed by atoms with Gasteiger partial charge in [0.1, 0.15) is 5.75 Å². The first-order valence-electron chi connectivity index (χ1n) is 6.39. The van der Waals surface area contributed by atoms with E-state index in [4.69, 9.17) is 10.5 Å². The van der Waals surface area contributed by atoms with Gasteiger partial charge in [0, 0.05) is 23.7 Å². The molecule has 0 unspecified atom stereocenters. The first-order valence-corrected chi connectivity index (χ1v) is 6.39. The molecule has 0 saturated heterocycles. The molecule has 0 aliphatic rings. The normalized spacial score (nSPS) is 11.3. The van der Waals surface area contributed by atoms with E-state index in [1.807, 2.05) is 18.2 Å². The van der Waals surface area contributed by atoms with Gasteiger partial charge in [-0.15, -0.1) is 0 Å². The zero-order valence-corrected chi connectivity index (χ0v) is 11.5. The minimum atomic E-state index is -0.0609. The van der Waals surface area contributed by atoms with Gasteiger partial charge in [-0.1, -0.05) is 13.8 Å². The average molecular weight is 252 g/mol. The molecule has 0 radical (unpaired) electrons. The molecule has 1 aromatic carbocycles. The van der Waals surface area contributed by atoms with Gasteiger partial charge in [0.05, 0.1) is 19.4 Å². The lowest BCUT2D eigenvalue weighted by molar-refractivity contribution is 0.127. The Kier molecular flexibility index (Phi) is 5.28. The van der Waals surface area contributed by atoms with Crippen LogP contribution in [0.25, 0.3) is 0 Å². The molecule has 4 heteroatoms. The Labute approximate surface area is 109 Å². The number of methoxy groups -OCH3 is 1. The van der Waals surface area contributed by atoms with Crippen molar-refractivity contribution in [3.05, 3.63) is 18.2 Å². The molecule has 1 rings (SSSR count). The zero-order chi connectivity index (χ0) is 13.6. The standard InChI is InChI=1S/C14H24N2O2/c1-4-14(5-2,10-17)9-16-11-6-7-12(15)13(8-11)18-3/h6-8,16-17H,4-5,9-10,15H2,1-3H3. The number of hydrogen-bond donors (Lipinski definition) is 3. The predicted molar refractivity (Wildman–Crippen MR) is 76.0 cm³/mol. The number of ether oxygens (including phenoxy) is 1. The topological polar surface area (TPSA) is 67.5 Å². The van der Waals surface area contributed by atoms with Crippen LogP contribution in [0.1, 0.15) is 26.7 Å². The molecule has 1 aromatic rings. The first-order chi connectivity index (χ1) is 8.60. The third kappa shape index (κ3) is 3.29. The van der Waals surface area contributed by atoms with Crippen molar-refractivity contribution in [3.63, 3.8) is 0 Å². The van der Waals surface area contributed by atoms with Gasteiger partial charge in [0.2, 0.25) is 0 Å². The lowest BCUT2D eigenvalue weighted by Gasteiger charge is -2.30. The maximum atomic E-state index is 9.51. The van der Waals surface area contributed by atoms with Gasteiger partial charge in [0.25, 0.3) is 0 Å². The Bertz CT molecular complexity index is 368. The molecule has 0 aliphatic carbocycles. The number of aliphatic hydroxyl groups is 1.